The molecule has 1 aromatic carbocycles. The standard InChI is InChI=1S/C17H18N2O4S2/c1-7-12-11(8(2)20)15(21)19(12)13(16(22)23)14(7)25-17-18-9-5-3-4-6-10(9)24-17/h3-8,11-12,15,20-21H,1-2H3,(H,22,23)/t7-,8-,11-,12-,15?/m1/s1. The first-order valence-electron chi connectivity index (χ1n) is 8.05. The van der Waals surface area contributed by atoms with Gasteiger partial charge in [-0.1, -0.05) is 30.8 Å². The number of aliphatic carboxylic acids is 1. The van der Waals surface area contributed by atoms with Crippen molar-refractivity contribution >= 4 is 39.3 Å². The van der Waals surface area contributed by atoms with E-state index in [9.17, 15) is 20.1 Å². The lowest BCUT2D eigenvalue weighted by atomic mass is 9.78. The summed E-state index contributed by atoms with van der Waals surface area (Å²) < 4.78 is 1.84. The number of fused-ring (bicyclic) bond motifs is 2. The Labute approximate surface area is 152 Å². The molecule has 25 heavy (non-hydrogen) atoms. The number of aliphatic hydroxyl groups excluding tert-OH is 2. The highest BCUT2D eigenvalue weighted by atomic mass is 32.2. The summed E-state index contributed by atoms with van der Waals surface area (Å²) in [5, 5.41) is 29.9. The monoisotopic (exact) mass is 378 g/mol. The summed E-state index contributed by atoms with van der Waals surface area (Å²) in [6, 6.07) is 7.60. The van der Waals surface area contributed by atoms with Gasteiger partial charge in [0.05, 0.1) is 22.2 Å². The minimum Gasteiger partial charge on any atom is -0.477 e. The van der Waals surface area contributed by atoms with E-state index in [2.05, 4.69) is 4.98 Å². The number of aromatic nitrogens is 1. The summed E-state index contributed by atoms with van der Waals surface area (Å²) in [6.07, 6.45) is -1.66. The molecule has 3 heterocycles. The average molecular weight is 378 g/mol. The fourth-order valence-electron chi connectivity index (χ4n) is 3.86. The Bertz CT molecular complexity index is 845. The number of benzene rings is 1. The Kier molecular flexibility index (Phi) is 4.03. The number of hydrogen-bond acceptors (Lipinski definition) is 7. The van der Waals surface area contributed by atoms with Gasteiger partial charge in [-0.25, -0.2) is 9.78 Å². The number of hydrogen-bond donors (Lipinski definition) is 3. The summed E-state index contributed by atoms with van der Waals surface area (Å²) in [6.45, 7) is 3.58. The largest absolute Gasteiger partial charge is 0.477 e. The van der Waals surface area contributed by atoms with Crippen molar-refractivity contribution in [1.29, 1.82) is 0 Å². The molecule has 0 aliphatic carbocycles. The predicted octanol–water partition coefficient (Wildman–Crippen LogP) is 2.33. The first-order valence-corrected chi connectivity index (χ1v) is 9.68. The molecule has 2 aliphatic rings. The Hall–Kier alpha value is -1.61. The minimum absolute atomic E-state index is 0.0916. The molecule has 5 atom stereocenters. The highest BCUT2D eigenvalue weighted by Gasteiger charge is 2.59. The van der Waals surface area contributed by atoms with E-state index in [1.165, 1.54) is 28.0 Å². The van der Waals surface area contributed by atoms with E-state index in [1.807, 2.05) is 31.2 Å². The molecule has 1 saturated heterocycles. The van der Waals surface area contributed by atoms with Crippen molar-refractivity contribution in [2.45, 2.75) is 36.6 Å². The van der Waals surface area contributed by atoms with E-state index in [4.69, 9.17) is 0 Å². The Morgan fingerprint density at radius 2 is 2.12 bits per heavy atom. The lowest BCUT2D eigenvalue weighted by Crippen LogP contribution is -2.66. The van der Waals surface area contributed by atoms with E-state index in [0.29, 0.717) is 4.91 Å². The van der Waals surface area contributed by atoms with Gasteiger partial charge in [0, 0.05) is 16.9 Å². The number of carbonyl (C=O) groups is 1. The van der Waals surface area contributed by atoms with Crippen molar-refractivity contribution in [2.24, 2.45) is 11.8 Å². The fourth-order valence-corrected chi connectivity index (χ4v) is 6.21. The van der Waals surface area contributed by atoms with Crippen LogP contribution in [-0.4, -0.2) is 49.5 Å². The van der Waals surface area contributed by atoms with Gasteiger partial charge in [-0.2, -0.15) is 0 Å². The maximum Gasteiger partial charge on any atom is 0.353 e. The van der Waals surface area contributed by atoms with Crippen LogP contribution in [0.15, 0.2) is 39.2 Å². The van der Waals surface area contributed by atoms with Crippen molar-refractivity contribution in [1.82, 2.24) is 9.88 Å². The van der Waals surface area contributed by atoms with Crippen LogP contribution < -0.4 is 0 Å². The number of carboxylic acids is 1. The van der Waals surface area contributed by atoms with Crippen molar-refractivity contribution in [3.8, 4) is 0 Å². The zero-order chi connectivity index (χ0) is 17.9. The van der Waals surface area contributed by atoms with Crippen molar-refractivity contribution in [2.75, 3.05) is 0 Å². The Morgan fingerprint density at radius 3 is 2.76 bits per heavy atom. The molecule has 0 amide bonds. The van der Waals surface area contributed by atoms with E-state index in [0.717, 1.165) is 14.6 Å². The van der Waals surface area contributed by atoms with E-state index < -0.39 is 18.3 Å². The van der Waals surface area contributed by atoms with Crippen LogP contribution in [0.4, 0.5) is 0 Å². The number of carboxylic acid groups (broad SMARTS) is 1. The number of thioether (sulfide) groups is 1. The lowest BCUT2D eigenvalue weighted by molar-refractivity contribution is -0.192. The predicted molar refractivity (Wildman–Crippen MR) is 96.1 cm³/mol. The SMILES string of the molecule is C[C@@H](O)[C@H]1C(O)N2C(C(=O)O)=C(Sc3nc4ccccc4s3)[C@H](C)[C@H]12. The van der Waals surface area contributed by atoms with Crippen molar-refractivity contribution in [3.05, 3.63) is 34.9 Å². The second-order valence-electron chi connectivity index (χ2n) is 6.49. The van der Waals surface area contributed by atoms with Crippen LogP contribution in [-0.2, 0) is 4.79 Å². The molecule has 1 fully saturated rings. The summed E-state index contributed by atoms with van der Waals surface area (Å²) in [5.41, 5.74) is 1.02. The maximum absolute atomic E-state index is 11.8. The molecule has 0 saturated carbocycles. The molecule has 3 N–H and O–H groups in total. The van der Waals surface area contributed by atoms with Gasteiger partial charge in [0.15, 0.2) is 4.34 Å². The van der Waals surface area contributed by atoms with Gasteiger partial charge in [-0.15, -0.1) is 11.3 Å². The highest BCUT2D eigenvalue weighted by Crippen LogP contribution is 2.54. The van der Waals surface area contributed by atoms with Gasteiger partial charge in [0.25, 0.3) is 0 Å². The summed E-state index contributed by atoms with van der Waals surface area (Å²) >= 11 is 2.88. The van der Waals surface area contributed by atoms with E-state index in [1.54, 1.807) is 6.92 Å². The molecule has 2 aliphatic heterocycles. The zero-order valence-corrected chi connectivity index (χ0v) is 15.3. The number of nitrogens with zero attached hydrogens (tertiary/aromatic N) is 2. The molecular formula is C17H18N2O4S2. The molecule has 0 radical (unpaired) electrons. The van der Waals surface area contributed by atoms with E-state index >= 15 is 0 Å². The van der Waals surface area contributed by atoms with Gasteiger partial charge >= 0.3 is 5.97 Å². The van der Waals surface area contributed by atoms with Crippen LogP contribution >= 0.6 is 23.1 Å². The molecule has 1 unspecified atom stereocenters. The maximum atomic E-state index is 11.8. The Balaban J connectivity index is 1.71. The number of para-hydroxylation sites is 1. The van der Waals surface area contributed by atoms with Crippen molar-refractivity contribution < 1.29 is 20.1 Å². The molecule has 132 valence electrons. The fraction of sp³-hybridized carbons (Fsp3) is 0.412. The summed E-state index contributed by atoms with van der Waals surface area (Å²) in [4.78, 5) is 18.6. The van der Waals surface area contributed by atoms with Crippen LogP contribution in [0.5, 0.6) is 0 Å². The molecule has 2 aromatic rings. The third-order valence-electron chi connectivity index (χ3n) is 4.99. The lowest BCUT2D eigenvalue weighted by Gasteiger charge is -2.53. The molecule has 0 spiro atoms. The number of aliphatic hydroxyl groups is 2. The Morgan fingerprint density at radius 1 is 1.40 bits per heavy atom. The molecule has 8 heteroatoms. The van der Waals surface area contributed by atoms with Gasteiger partial charge in [0.1, 0.15) is 11.9 Å². The van der Waals surface area contributed by atoms with Crippen LogP contribution in [0.25, 0.3) is 10.2 Å². The topological polar surface area (TPSA) is 93.9 Å². The molecule has 0 bridgehead atoms. The highest BCUT2D eigenvalue weighted by molar-refractivity contribution is 8.04. The van der Waals surface area contributed by atoms with Gasteiger partial charge in [0.2, 0.25) is 0 Å². The number of rotatable bonds is 4. The summed E-state index contributed by atoms with van der Waals surface area (Å²) in [5.74, 6) is -1.50. The zero-order valence-electron chi connectivity index (χ0n) is 13.7. The third kappa shape index (κ3) is 2.47. The summed E-state index contributed by atoms with van der Waals surface area (Å²) in [7, 11) is 0. The van der Waals surface area contributed by atoms with Gasteiger partial charge < -0.3 is 20.2 Å². The molecule has 6 nitrogen and oxygen atoms in total. The second kappa shape index (κ2) is 5.98. The quantitative estimate of drug-likeness (QED) is 0.752. The van der Waals surface area contributed by atoms with Crippen LogP contribution in [0, 0.1) is 11.8 Å². The van der Waals surface area contributed by atoms with Crippen LogP contribution in [0.1, 0.15) is 13.8 Å². The first-order chi connectivity index (χ1) is 11.9. The third-order valence-corrected chi connectivity index (χ3v) is 7.38. The van der Waals surface area contributed by atoms with Crippen LogP contribution in [0.3, 0.4) is 0 Å². The van der Waals surface area contributed by atoms with Crippen molar-refractivity contribution in [3.63, 3.8) is 0 Å². The number of thiazole rings is 1. The van der Waals surface area contributed by atoms with E-state index in [-0.39, 0.29) is 23.6 Å². The van der Waals surface area contributed by atoms with Crippen LogP contribution in [0.2, 0.25) is 0 Å². The minimum atomic E-state index is -1.05. The smallest absolute Gasteiger partial charge is 0.353 e. The normalized spacial score (nSPS) is 29.7. The van der Waals surface area contributed by atoms with Gasteiger partial charge in [-0.05, 0) is 19.1 Å². The molecule has 4 rings (SSSR count). The molecular weight excluding hydrogens is 360 g/mol. The average Bonchev–Trinajstić information content (AvgIpc) is 3.05. The second-order valence-corrected chi connectivity index (χ2v) is 8.81. The first kappa shape index (κ1) is 16.8. The molecule has 1 aromatic heterocycles. The van der Waals surface area contributed by atoms with Gasteiger partial charge in [-0.3, -0.25) is 0 Å².